The van der Waals surface area contributed by atoms with E-state index >= 15 is 0 Å². The second-order valence-corrected chi connectivity index (χ2v) is 5.82. The van der Waals surface area contributed by atoms with Crippen molar-refractivity contribution in [2.24, 2.45) is 0 Å². The molecule has 2 atom stereocenters. The number of likely N-dealkylation sites (N-methyl/N-ethyl adjacent to an activating group) is 1. The van der Waals surface area contributed by atoms with E-state index in [2.05, 4.69) is 47.2 Å². The van der Waals surface area contributed by atoms with E-state index in [0.717, 1.165) is 38.9 Å². The van der Waals surface area contributed by atoms with Crippen LogP contribution in [-0.2, 0) is 4.79 Å². The van der Waals surface area contributed by atoms with E-state index in [0.29, 0.717) is 11.8 Å². The van der Waals surface area contributed by atoms with Gasteiger partial charge in [0.1, 0.15) is 0 Å². The molecule has 1 unspecified atom stereocenters. The van der Waals surface area contributed by atoms with Gasteiger partial charge in [-0.25, -0.2) is 0 Å². The van der Waals surface area contributed by atoms with E-state index in [4.69, 9.17) is 0 Å². The van der Waals surface area contributed by atoms with Crippen LogP contribution in [0.15, 0.2) is 30.3 Å². The van der Waals surface area contributed by atoms with Crippen LogP contribution in [0.4, 0.5) is 0 Å². The number of benzene rings is 1. The van der Waals surface area contributed by atoms with Gasteiger partial charge in [0.25, 0.3) is 0 Å². The zero-order chi connectivity index (χ0) is 13.2. The molecule has 102 valence electrons. The Morgan fingerprint density at radius 2 is 1.95 bits per heavy atom. The third-order valence-electron chi connectivity index (χ3n) is 4.58. The topological polar surface area (TPSA) is 23.6 Å². The molecule has 0 spiro atoms. The Balaban J connectivity index is 1.64. The molecular formula is C16H22N2O. The Labute approximate surface area is 115 Å². The third kappa shape index (κ3) is 2.52. The first-order valence-corrected chi connectivity index (χ1v) is 7.29. The first-order chi connectivity index (χ1) is 9.25. The monoisotopic (exact) mass is 258 g/mol. The highest BCUT2D eigenvalue weighted by molar-refractivity contribution is 5.82. The SMILES string of the molecule is CN1CCC[C@H]1C(=O)N1CCC(c2ccccc2)C1. The van der Waals surface area contributed by atoms with Gasteiger partial charge in [0.15, 0.2) is 0 Å². The molecular weight excluding hydrogens is 236 g/mol. The van der Waals surface area contributed by atoms with E-state index in [1.165, 1.54) is 5.56 Å². The number of rotatable bonds is 2. The fourth-order valence-corrected chi connectivity index (χ4v) is 3.39. The normalized spacial score (nSPS) is 27.9. The summed E-state index contributed by atoms with van der Waals surface area (Å²) in [4.78, 5) is 16.8. The highest BCUT2D eigenvalue weighted by Crippen LogP contribution is 2.28. The average molecular weight is 258 g/mol. The molecule has 1 amide bonds. The molecule has 3 nitrogen and oxygen atoms in total. The minimum absolute atomic E-state index is 0.134. The first kappa shape index (κ1) is 12.7. The molecule has 2 aliphatic rings. The summed E-state index contributed by atoms with van der Waals surface area (Å²) in [5.74, 6) is 0.871. The summed E-state index contributed by atoms with van der Waals surface area (Å²) < 4.78 is 0. The molecule has 0 aromatic heterocycles. The van der Waals surface area contributed by atoms with Crippen LogP contribution in [-0.4, -0.2) is 48.4 Å². The number of hydrogen-bond donors (Lipinski definition) is 0. The van der Waals surface area contributed by atoms with Crippen LogP contribution in [0, 0.1) is 0 Å². The lowest BCUT2D eigenvalue weighted by Crippen LogP contribution is -2.43. The molecule has 0 radical (unpaired) electrons. The van der Waals surface area contributed by atoms with Crippen LogP contribution >= 0.6 is 0 Å². The van der Waals surface area contributed by atoms with Crippen molar-refractivity contribution in [3.63, 3.8) is 0 Å². The molecule has 2 aliphatic heterocycles. The Bertz CT molecular complexity index is 445. The fraction of sp³-hybridized carbons (Fsp3) is 0.562. The van der Waals surface area contributed by atoms with Crippen LogP contribution in [0.2, 0.25) is 0 Å². The lowest BCUT2D eigenvalue weighted by molar-refractivity contribution is -0.134. The minimum atomic E-state index is 0.134. The van der Waals surface area contributed by atoms with Crippen LogP contribution in [0.5, 0.6) is 0 Å². The van der Waals surface area contributed by atoms with Crippen molar-refractivity contribution in [2.75, 3.05) is 26.7 Å². The average Bonchev–Trinajstić information content (AvgIpc) is 3.08. The summed E-state index contributed by atoms with van der Waals surface area (Å²) in [6.07, 6.45) is 3.29. The van der Waals surface area contributed by atoms with Gasteiger partial charge in [-0.3, -0.25) is 9.69 Å². The van der Waals surface area contributed by atoms with E-state index in [1.54, 1.807) is 0 Å². The van der Waals surface area contributed by atoms with Crippen molar-refractivity contribution in [1.29, 1.82) is 0 Å². The van der Waals surface area contributed by atoms with Crippen molar-refractivity contribution in [3.05, 3.63) is 35.9 Å². The van der Waals surface area contributed by atoms with Gasteiger partial charge in [-0.1, -0.05) is 30.3 Å². The molecule has 1 aromatic carbocycles. The number of likely N-dealkylation sites (tertiary alicyclic amines) is 2. The van der Waals surface area contributed by atoms with Crippen LogP contribution < -0.4 is 0 Å². The highest BCUT2D eigenvalue weighted by Gasteiger charge is 2.35. The Kier molecular flexibility index (Phi) is 3.56. The van der Waals surface area contributed by atoms with Crippen molar-refractivity contribution >= 4 is 5.91 Å². The molecule has 2 fully saturated rings. The van der Waals surface area contributed by atoms with Crippen molar-refractivity contribution in [3.8, 4) is 0 Å². The predicted molar refractivity (Wildman–Crippen MR) is 76.0 cm³/mol. The Morgan fingerprint density at radius 1 is 1.16 bits per heavy atom. The smallest absolute Gasteiger partial charge is 0.239 e. The molecule has 1 aromatic rings. The molecule has 0 saturated carbocycles. The van der Waals surface area contributed by atoms with Crippen molar-refractivity contribution < 1.29 is 4.79 Å². The number of amides is 1. The summed E-state index contributed by atoms with van der Waals surface area (Å²) in [6.45, 7) is 2.88. The zero-order valence-corrected chi connectivity index (χ0v) is 11.6. The van der Waals surface area contributed by atoms with Gasteiger partial charge < -0.3 is 4.90 Å². The van der Waals surface area contributed by atoms with Crippen molar-refractivity contribution in [1.82, 2.24) is 9.80 Å². The van der Waals surface area contributed by atoms with E-state index < -0.39 is 0 Å². The van der Waals surface area contributed by atoms with Gasteiger partial charge in [0, 0.05) is 19.0 Å². The maximum absolute atomic E-state index is 12.5. The van der Waals surface area contributed by atoms with E-state index in [1.807, 2.05) is 0 Å². The Hall–Kier alpha value is -1.35. The summed E-state index contributed by atoms with van der Waals surface area (Å²) in [7, 11) is 2.07. The Morgan fingerprint density at radius 3 is 2.63 bits per heavy atom. The summed E-state index contributed by atoms with van der Waals surface area (Å²) in [5.41, 5.74) is 1.37. The quantitative estimate of drug-likeness (QED) is 0.811. The standard InChI is InChI=1S/C16H22N2O/c1-17-10-5-8-15(17)16(19)18-11-9-14(12-18)13-6-3-2-4-7-13/h2-4,6-7,14-15H,5,8-12H2,1H3/t14?,15-/m0/s1. The highest BCUT2D eigenvalue weighted by atomic mass is 16.2. The minimum Gasteiger partial charge on any atom is -0.341 e. The molecule has 3 rings (SSSR count). The molecule has 0 bridgehead atoms. The van der Waals surface area contributed by atoms with E-state index in [-0.39, 0.29) is 6.04 Å². The largest absolute Gasteiger partial charge is 0.341 e. The lowest BCUT2D eigenvalue weighted by atomic mass is 9.99. The predicted octanol–water partition coefficient (Wildman–Crippen LogP) is 2.10. The molecule has 3 heteroatoms. The van der Waals surface area contributed by atoms with Crippen molar-refractivity contribution in [2.45, 2.75) is 31.2 Å². The number of nitrogens with zero attached hydrogens (tertiary/aromatic N) is 2. The summed E-state index contributed by atoms with van der Waals surface area (Å²) in [6, 6.07) is 10.7. The number of carbonyl (C=O) groups is 1. The second kappa shape index (κ2) is 5.33. The third-order valence-corrected chi connectivity index (χ3v) is 4.58. The number of hydrogen-bond acceptors (Lipinski definition) is 2. The molecule has 0 N–H and O–H groups in total. The fourth-order valence-electron chi connectivity index (χ4n) is 3.39. The van der Waals surface area contributed by atoms with Crippen LogP contribution in [0.3, 0.4) is 0 Å². The summed E-state index contributed by atoms with van der Waals surface area (Å²) >= 11 is 0. The van der Waals surface area contributed by atoms with Crippen LogP contribution in [0.25, 0.3) is 0 Å². The van der Waals surface area contributed by atoms with Gasteiger partial charge >= 0.3 is 0 Å². The molecule has 19 heavy (non-hydrogen) atoms. The first-order valence-electron chi connectivity index (χ1n) is 7.29. The molecule has 2 heterocycles. The molecule has 2 saturated heterocycles. The maximum Gasteiger partial charge on any atom is 0.239 e. The van der Waals surface area contributed by atoms with Gasteiger partial charge in [0.2, 0.25) is 5.91 Å². The second-order valence-electron chi connectivity index (χ2n) is 5.82. The summed E-state index contributed by atoms with van der Waals surface area (Å²) in [5, 5.41) is 0. The van der Waals surface area contributed by atoms with Crippen LogP contribution in [0.1, 0.15) is 30.7 Å². The van der Waals surface area contributed by atoms with Gasteiger partial charge in [-0.15, -0.1) is 0 Å². The number of carbonyl (C=O) groups excluding carboxylic acids is 1. The van der Waals surface area contributed by atoms with Gasteiger partial charge in [-0.05, 0) is 38.4 Å². The zero-order valence-electron chi connectivity index (χ0n) is 11.6. The van der Waals surface area contributed by atoms with Gasteiger partial charge in [0.05, 0.1) is 6.04 Å². The lowest BCUT2D eigenvalue weighted by Gasteiger charge is -2.25. The maximum atomic E-state index is 12.5. The van der Waals surface area contributed by atoms with Gasteiger partial charge in [-0.2, -0.15) is 0 Å². The molecule has 0 aliphatic carbocycles. The van der Waals surface area contributed by atoms with E-state index in [9.17, 15) is 4.79 Å².